The van der Waals surface area contributed by atoms with E-state index in [9.17, 15) is 14.4 Å². The van der Waals surface area contributed by atoms with Crippen molar-refractivity contribution in [3.8, 4) is 5.75 Å². The molecule has 164 valence electrons. The van der Waals surface area contributed by atoms with Crippen LogP contribution in [0.2, 0.25) is 0 Å². The summed E-state index contributed by atoms with van der Waals surface area (Å²) in [4.78, 5) is 42.6. The molecule has 3 amide bonds. The van der Waals surface area contributed by atoms with Crippen LogP contribution in [0.4, 0.5) is 0 Å². The molecule has 2 aliphatic heterocycles. The normalized spacial score (nSPS) is 24.4. The molecule has 0 bridgehead atoms. The Morgan fingerprint density at radius 1 is 1.20 bits per heavy atom. The maximum atomic E-state index is 13.5. The molecule has 8 heteroatoms. The van der Waals surface area contributed by atoms with Gasteiger partial charge in [-0.1, -0.05) is 18.2 Å². The monoisotopic (exact) mass is 418 g/mol. The fourth-order valence-corrected chi connectivity index (χ4v) is 4.42. The minimum atomic E-state index is -1.28. The van der Waals surface area contributed by atoms with Crippen LogP contribution in [0.25, 0.3) is 0 Å². The van der Waals surface area contributed by atoms with Gasteiger partial charge in [0.2, 0.25) is 17.7 Å². The Hall–Kier alpha value is -2.45. The van der Waals surface area contributed by atoms with Gasteiger partial charge in [0.15, 0.2) is 0 Å². The first-order chi connectivity index (χ1) is 14.5. The van der Waals surface area contributed by atoms with E-state index in [2.05, 4.69) is 0 Å². The summed E-state index contributed by atoms with van der Waals surface area (Å²) in [6, 6.07) is 7.11. The van der Waals surface area contributed by atoms with Crippen molar-refractivity contribution in [2.75, 3.05) is 47.6 Å². The third kappa shape index (κ3) is 4.20. The van der Waals surface area contributed by atoms with Crippen molar-refractivity contribution in [3.63, 3.8) is 0 Å². The van der Waals surface area contributed by atoms with E-state index in [1.807, 2.05) is 0 Å². The molecule has 2 atom stereocenters. The van der Waals surface area contributed by atoms with Gasteiger partial charge in [-0.05, 0) is 18.9 Å². The predicted molar refractivity (Wildman–Crippen MR) is 109 cm³/mol. The second kappa shape index (κ2) is 9.57. The second-order valence-electron chi connectivity index (χ2n) is 7.82. The SMILES string of the molecule is COCCN1C(=O)CC(CC(=O)N2CCCC(OC)C2)(c2ccccc2OC)C1=O. The second-order valence-corrected chi connectivity index (χ2v) is 7.82. The summed E-state index contributed by atoms with van der Waals surface area (Å²) in [6.07, 6.45) is 1.59. The fraction of sp³-hybridized carbons (Fsp3) is 0.591. The van der Waals surface area contributed by atoms with Crippen LogP contribution in [0.15, 0.2) is 24.3 Å². The van der Waals surface area contributed by atoms with Gasteiger partial charge >= 0.3 is 0 Å². The molecule has 0 N–H and O–H groups in total. The number of nitrogens with zero attached hydrogens (tertiary/aromatic N) is 2. The first-order valence-corrected chi connectivity index (χ1v) is 10.2. The summed E-state index contributed by atoms with van der Waals surface area (Å²) in [7, 11) is 4.68. The molecule has 0 aromatic heterocycles. The standard InChI is InChI=1S/C22H30N2O6/c1-28-12-11-24-20(26)14-22(21(24)27,17-8-4-5-9-18(17)30-3)13-19(25)23-10-6-7-16(15-23)29-2/h4-5,8-9,16H,6-7,10-15H2,1-3H3. The van der Waals surface area contributed by atoms with Gasteiger partial charge in [0, 0.05) is 45.7 Å². The van der Waals surface area contributed by atoms with Crippen molar-refractivity contribution in [1.82, 2.24) is 9.80 Å². The molecule has 2 unspecified atom stereocenters. The first kappa shape index (κ1) is 22.2. The molecule has 0 radical (unpaired) electrons. The lowest BCUT2D eigenvalue weighted by Crippen LogP contribution is -2.47. The number of piperidine rings is 1. The van der Waals surface area contributed by atoms with Gasteiger partial charge in [-0.15, -0.1) is 0 Å². The van der Waals surface area contributed by atoms with E-state index in [1.165, 1.54) is 19.1 Å². The predicted octanol–water partition coefficient (Wildman–Crippen LogP) is 1.37. The Labute approximate surface area is 177 Å². The number of hydrogen-bond acceptors (Lipinski definition) is 6. The van der Waals surface area contributed by atoms with E-state index in [4.69, 9.17) is 14.2 Å². The highest BCUT2D eigenvalue weighted by molar-refractivity contribution is 6.11. The van der Waals surface area contributed by atoms with Crippen molar-refractivity contribution in [2.45, 2.75) is 37.2 Å². The molecular formula is C22H30N2O6. The van der Waals surface area contributed by atoms with E-state index >= 15 is 0 Å². The summed E-state index contributed by atoms with van der Waals surface area (Å²) in [5, 5.41) is 0. The lowest BCUT2D eigenvalue weighted by atomic mass is 9.75. The highest BCUT2D eigenvalue weighted by Crippen LogP contribution is 2.44. The van der Waals surface area contributed by atoms with Crippen molar-refractivity contribution in [2.24, 2.45) is 0 Å². The molecule has 30 heavy (non-hydrogen) atoms. The van der Waals surface area contributed by atoms with E-state index in [0.29, 0.717) is 24.4 Å². The van der Waals surface area contributed by atoms with Crippen molar-refractivity contribution in [1.29, 1.82) is 0 Å². The van der Waals surface area contributed by atoms with Crippen molar-refractivity contribution < 1.29 is 28.6 Å². The summed E-state index contributed by atoms with van der Waals surface area (Å²) < 4.78 is 16.0. The maximum Gasteiger partial charge on any atom is 0.241 e. The van der Waals surface area contributed by atoms with Gasteiger partial charge in [0.1, 0.15) is 5.75 Å². The third-order valence-corrected chi connectivity index (χ3v) is 6.07. The number of carbonyl (C=O) groups excluding carboxylic acids is 3. The minimum Gasteiger partial charge on any atom is -0.496 e. The third-order valence-electron chi connectivity index (χ3n) is 6.07. The van der Waals surface area contributed by atoms with Crippen LogP contribution >= 0.6 is 0 Å². The zero-order valence-corrected chi connectivity index (χ0v) is 17.9. The molecule has 2 aliphatic rings. The Morgan fingerprint density at radius 3 is 2.67 bits per heavy atom. The number of rotatable bonds is 8. The number of amides is 3. The maximum absolute atomic E-state index is 13.5. The topological polar surface area (TPSA) is 85.4 Å². The van der Waals surface area contributed by atoms with E-state index < -0.39 is 5.41 Å². The van der Waals surface area contributed by atoms with Crippen LogP contribution in [-0.2, 0) is 29.3 Å². The highest BCUT2D eigenvalue weighted by atomic mass is 16.5. The molecule has 8 nitrogen and oxygen atoms in total. The number of carbonyl (C=O) groups is 3. The van der Waals surface area contributed by atoms with Crippen LogP contribution in [0.3, 0.4) is 0 Å². The smallest absolute Gasteiger partial charge is 0.241 e. The lowest BCUT2D eigenvalue weighted by molar-refractivity contribution is -0.144. The Morgan fingerprint density at radius 2 is 1.97 bits per heavy atom. The Kier molecular flexibility index (Phi) is 7.10. The molecule has 0 aliphatic carbocycles. The molecule has 0 spiro atoms. The molecule has 3 rings (SSSR count). The van der Waals surface area contributed by atoms with Crippen molar-refractivity contribution in [3.05, 3.63) is 29.8 Å². The summed E-state index contributed by atoms with van der Waals surface area (Å²) in [6.45, 7) is 1.52. The first-order valence-electron chi connectivity index (χ1n) is 10.2. The van der Waals surface area contributed by atoms with Crippen LogP contribution < -0.4 is 4.74 Å². The Balaban J connectivity index is 1.96. The average molecular weight is 418 g/mol. The van der Waals surface area contributed by atoms with Gasteiger partial charge in [0.25, 0.3) is 0 Å². The van der Waals surface area contributed by atoms with Crippen molar-refractivity contribution >= 4 is 17.7 Å². The van der Waals surface area contributed by atoms with Gasteiger partial charge in [-0.25, -0.2) is 0 Å². The quantitative estimate of drug-likeness (QED) is 0.593. The molecule has 1 aromatic rings. The molecule has 2 fully saturated rings. The largest absolute Gasteiger partial charge is 0.496 e. The van der Waals surface area contributed by atoms with Gasteiger partial charge in [0.05, 0.1) is 31.8 Å². The molecule has 2 saturated heterocycles. The van der Waals surface area contributed by atoms with Gasteiger partial charge in [-0.3, -0.25) is 19.3 Å². The summed E-state index contributed by atoms with van der Waals surface area (Å²) in [5.74, 6) is -0.335. The minimum absolute atomic E-state index is 0.0102. The average Bonchev–Trinajstić information content (AvgIpc) is 3.01. The van der Waals surface area contributed by atoms with Gasteiger partial charge < -0.3 is 19.1 Å². The number of likely N-dealkylation sites (tertiary alicyclic amines) is 2. The summed E-state index contributed by atoms with van der Waals surface area (Å²) in [5.41, 5.74) is -0.714. The fourth-order valence-electron chi connectivity index (χ4n) is 4.42. The van der Waals surface area contributed by atoms with E-state index in [1.54, 1.807) is 36.3 Å². The van der Waals surface area contributed by atoms with Crippen LogP contribution in [0, 0.1) is 0 Å². The lowest BCUT2D eigenvalue weighted by Gasteiger charge is -2.35. The number of ether oxygens (including phenoxy) is 3. The van der Waals surface area contributed by atoms with Crippen LogP contribution in [-0.4, -0.2) is 81.2 Å². The number of benzene rings is 1. The summed E-state index contributed by atoms with van der Waals surface area (Å²) >= 11 is 0. The molecule has 2 heterocycles. The number of hydrogen-bond donors (Lipinski definition) is 0. The zero-order chi connectivity index (χ0) is 21.7. The number of imide groups is 1. The molecular weight excluding hydrogens is 388 g/mol. The molecule has 0 saturated carbocycles. The molecule has 1 aromatic carbocycles. The zero-order valence-electron chi connectivity index (χ0n) is 17.9. The van der Waals surface area contributed by atoms with E-state index in [-0.39, 0.29) is 49.8 Å². The number of methoxy groups -OCH3 is 3. The van der Waals surface area contributed by atoms with Crippen LogP contribution in [0.5, 0.6) is 5.75 Å². The Bertz CT molecular complexity index is 798. The number of para-hydroxylation sites is 1. The van der Waals surface area contributed by atoms with Crippen LogP contribution in [0.1, 0.15) is 31.2 Å². The van der Waals surface area contributed by atoms with Gasteiger partial charge in [-0.2, -0.15) is 0 Å². The highest BCUT2D eigenvalue weighted by Gasteiger charge is 2.55. The van der Waals surface area contributed by atoms with E-state index in [0.717, 1.165) is 12.8 Å².